The van der Waals surface area contributed by atoms with Crippen molar-refractivity contribution in [2.75, 3.05) is 6.54 Å². The lowest BCUT2D eigenvalue weighted by molar-refractivity contribution is 0.0976. The van der Waals surface area contributed by atoms with Crippen molar-refractivity contribution < 1.29 is 4.79 Å². The molecular formula is C14H20N2OS. The van der Waals surface area contributed by atoms with Gasteiger partial charge in [-0.3, -0.25) is 10.1 Å². The Kier molecular flexibility index (Phi) is 6.36. The summed E-state index contributed by atoms with van der Waals surface area (Å²) in [4.78, 5) is 11.8. The molecule has 0 radical (unpaired) electrons. The average molecular weight is 264 g/mol. The zero-order valence-corrected chi connectivity index (χ0v) is 11.7. The predicted molar refractivity (Wildman–Crippen MR) is 78.6 cm³/mol. The molecule has 0 aliphatic heterocycles. The number of nitrogens with one attached hydrogen (secondary N) is 2. The van der Waals surface area contributed by atoms with Gasteiger partial charge in [-0.2, -0.15) is 0 Å². The molecule has 0 aromatic heterocycles. The maximum atomic E-state index is 11.8. The maximum Gasteiger partial charge on any atom is 0.257 e. The van der Waals surface area contributed by atoms with Gasteiger partial charge in [0.15, 0.2) is 5.11 Å². The Morgan fingerprint density at radius 2 is 2.00 bits per heavy atom. The highest BCUT2D eigenvalue weighted by molar-refractivity contribution is 7.80. The van der Waals surface area contributed by atoms with E-state index in [1.807, 2.05) is 18.2 Å². The molecule has 18 heavy (non-hydrogen) atoms. The predicted octanol–water partition coefficient (Wildman–Crippen LogP) is 2.73. The summed E-state index contributed by atoms with van der Waals surface area (Å²) in [7, 11) is 0. The highest BCUT2D eigenvalue weighted by Gasteiger charge is 2.06. The van der Waals surface area contributed by atoms with Gasteiger partial charge in [0, 0.05) is 12.1 Å². The number of carbonyl (C=O) groups is 1. The molecule has 0 aliphatic rings. The fourth-order valence-corrected chi connectivity index (χ4v) is 1.64. The molecule has 2 N–H and O–H groups in total. The van der Waals surface area contributed by atoms with Crippen LogP contribution < -0.4 is 10.6 Å². The molecule has 0 saturated carbocycles. The lowest BCUT2D eigenvalue weighted by Gasteiger charge is -2.12. The Labute approximate surface area is 114 Å². The number of hydrogen-bond acceptors (Lipinski definition) is 2. The molecule has 1 aromatic rings. The van der Waals surface area contributed by atoms with E-state index in [0.717, 1.165) is 19.4 Å². The van der Waals surface area contributed by atoms with Gasteiger partial charge in [-0.25, -0.2) is 0 Å². The summed E-state index contributed by atoms with van der Waals surface area (Å²) in [5.74, 6) is 0.502. The van der Waals surface area contributed by atoms with Crippen LogP contribution in [-0.2, 0) is 0 Å². The SMILES string of the molecule is CCC(C)CCNC(=S)NC(=O)c1ccccc1. The van der Waals surface area contributed by atoms with Gasteiger partial charge in [-0.1, -0.05) is 38.5 Å². The summed E-state index contributed by atoms with van der Waals surface area (Å²) in [5, 5.41) is 6.11. The average Bonchev–Trinajstić information content (AvgIpc) is 2.39. The Morgan fingerprint density at radius 1 is 1.33 bits per heavy atom. The van der Waals surface area contributed by atoms with Crippen LogP contribution >= 0.6 is 12.2 Å². The van der Waals surface area contributed by atoms with Gasteiger partial charge in [-0.05, 0) is 36.7 Å². The Morgan fingerprint density at radius 3 is 2.61 bits per heavy atom. The summed E-state index contributed by atoms with van der Waals surface area (Å²) in [6, 6.07) is 9.05. The first-order chi connectivity index (χ1) is 8.63. The number of carbonyl (C=O) groups excluding carboxylic acids is 1. The molecular weight excluding hydrogens is 244 g/mol. The third-order valence-electron chi connectivity index (χ3n) is 2.88. The van der Waals surface area contributed by atoms with Crippen molar-refractivity contribution in [3.63, 3.8) is 0 Å². The molecule has 0 saturated heterocycles. The molecule has 0 bridgehead atoms. The fraction of sp³-hybridized carbons (Fsp3) is 0.429. The van der Waals surface area contributed by atoms with Gasteiger partial charge in [0.25, 0.3) is 5.91 Å². The van der Waals surface area contributed by atoms with Crippen molar-refractivity contribution in [1.82, 2.24) is 10.6 Å². The molecule has 0 heterocycles. The highest BCUT2D eigenvalue weighted by Crippen LogP contribution is 2.04. The number of hydrogen-bond donors (Lipinski definition) is 2. The van der Waals surface area contributed by atoms with Crippen LogP contribution in [0.2, 0.25) is 0 Å². The van der Waals surface area contributed by atoms with E-state index < -0.39 is 0 Å². The zero-order valence-electron chi connectivity index (χ0n) is 10.9. The summed E-state index contributed by atoms with van der Waals surface area (Å²) < 4.78 is 0. The van der Waals surface area contributed by atoms with E-state index in [4.69, 9.17) is 12.2 Å². The number of rotatable bonds is 5. The number of benzene rings is 1. The molecule has 1 amide bonds. The third kappa shape index (κ3) is 5.27. The summed E-state index contributed by atoms with van der Waals surface area (Å²) in [5.41, 5.74) is 0.614. The van der Waals surface area contributed by atoms with Gasteiger partial charge in [0.1, 0.15) is 0 Å². The monoisotopic (exact) mass is 264 g/mol. The van der Waals surface area contributed by atoms with Gasteiger partial charge in [0.05, 0.1) is 0 Å². The maximum absolute atomic E-state index is 11.8. The topological polar surface area (TPSA) is 41.1 Å². The van der Waals surface area contributed by atoms with Gasteiger partial charge >= 0.3 is 0 Å². The first-order valence-corrected chi connectivity index (χ1v) is 6.68. The van der Waals surface area contributed by atoms with Crippen molar-refractivity contribution in [3.8, 4) is 0 Å². The second-order valence-electron chi connectivity index (χ2n) is 4.38. The summed E-state index contributed by atoms with van der Waals surface area (Å²) in [6.45, 7) is 5.16. The van der Waals surface area contributed by atoms with E-state index in [9.17, 15) is 4.79 Å². The minimum atomic E-state index is -0.170. The van der Waals surface area contributed by atoms with Crippen LogP contribution in [0.5, 0.6) is 0 Å². The largest absolute Gasteiger partial charge is 0.362 e. The van der Waals surface area contributed by atoms with E-state index in [2.05, 4.69) is 24.5 Å². The Balaban J connectivity index is 2.30. The van der Waals surface area contributed by atoms with Crippen molar-refractivity contribution >= 4 is 23.2 Å². The van der Waals surface area contributed by atoms with Gasteiger partial charge < -0.3 is 5.32 Å². The molecule has 4 heteroatoms. The first kappa shape index (κ1) is 14.6. The van der Waals surface area contributed by atoms with E-state index in [0.29, 0.717) is 16.6 Å². The van der Waals surface area contributed by atoms with Crippen LogP contribution in [0.25, 0.3) is 0 Å². The van der Waals surface area contributed by atoms with E-state index >= 15 is 0 Å². The highest BCUT2D eigenvalue weighted by atomic mass is 32.1. The van der Waals surface area contributed by atoms with E-state index in [1.165, 1.54) is 0 Å². The minimum Gasteiger partial charge on any atom is -0.362 e. The summed E-state index contributed by atoms with van der Waals surface area (Å²) >= 11 is 5.08. The van der Waals surface area contributed by atoms with Crippen LogP contribution in [0.4, 0.5) is 0 Å². The van der Waals surface area contributed by atoms with Crippen LogP contribution in [0.3, 0.4) is 0 Å². The second-order valence-corrected chi connectivity index (χ2v) is 4.79. The number of amides is 1. The van der Waals surface area contributed by atoms with E-state index in [1.54, 1.807) is 12.1 Å². The molecule has 1 aromatic carbocycles. The molecule has 98 valence electrons. The lowest BCUT2D eigenvalue weighted by Crippen LogP contribution is -2.39. The third-order valence-corrected chi connectivity index (χ3v) is 3.13. The van der Waals surface area contributed by atoms with Crippen molar-refractivity contribution in [1.29, 1.82) is 0 Å². The molecule has 0 spiro atoms. The van der Waals surface area contributed by atoms with Crippen LogP contribution in [0, 0.1) is 5.92 Å². The quantitative estimate of drug-likeness (QED) is 0.803. The Bertz CT molecular complexity index is 392. The molecule has 1 rings (SSSR count). The minimum absolute atomic E-state index is 0.170. The summed E-state index contributed by atoms with van der Waals surface area (Å²) in [6.07, 6.45) is 2.21. The van der Waals surface area contributed by atoms with Gasteiger partial charge in [-0.15, -0.1) is 0 Å². The van der Waals surface area contributed by atoms with Crippen molar-refractivity contribution in [2.45, 2.75) is 26.7 Å². The molecule has 0 fully saturated rings. The van der Waals surface area contributed by atoms with E-state index in [-0.39, 0.29) is 5.91 Å². The zero-order chi connectivity index (χ0) is 13.4. The second kappa shape index (κ2) is 7.82. The Hall–Kier alpha value is -1.42. The van der Waals surface area contributed by atoms with Crippen molar-refractivity contribution in [2.24, 2.45) is 5.92 Å². The first-order valence-electron chi connectivity index (χ1n) is 6.27. The molecule has 3 nitrogen and oxygen atoms in total. The molecule has 1 atom stereocenters. The standard InChI is InChI=1S/C14H20N2OS/c1-3-11(2)9-10-15-14(18)16-13(17)12-7-5-4-6-8-12/h4-8,11H,3,9-10H2,1-2H3,(H2,15,16,17,18). The molecule has 1 unspecified atom stereocenters. The van der Waals surface area contributed by atoms with Crippen LogP contribution in [0.15, 0.2) is 30.3 Å². The fourth-order valence-electron chi connectivity index (χ4n) is 1.45. The normalized spacial score (nSPS) is 11.7. The number of thiocarbonyl (C=S) groups is 1. The smallest absolute Gasteiger partial charge is 0.257 e. The van der Waals surface area contributed by atoms with Gasteiger partial charge in [0.2, 0.25) is 0 Å². The van der Waals surface area contributed by atoms with Crippen LogP contribution in [0.1, 0.15) is 37.0 Å². The van der Waals surface area contributed by atoms with Crippen molar-refractivity contribution in [3.05, 3.63) is 35.9 Å². The lowest BCUT2D eigenvalue weighted by atomic mass is 10.1. The molecule has 0 aliphatic carbocycles. The van der Waals surface area contributed by atoms with Crippen LogP contribution in [-0.4, -0.2) is 17.6 Å².